The average molecular weight is 266 g/mol. The zero-order valence-electron chi connectivity index (χ0n) is 10.6. The standard InChI is InChI=1S/C13H15FN2O3/c1-19-13(18)11-3-2-6-16(11)12(17)9-7-8(14)4-5-10(9)15/h4-5,7,11H,2-3,6,15H2,1H3. The second-order valence-electron chi connectivity index (χ2n) is 4.41. The first kappa shape index (κ1) is 13.3. The fourth-order valence-electron chi connectivity index (χ4n) is 2.26. The van der Waals surface area contributed by atoms with Crippen molar-refractivity contribution in [1.29, 1.82) is 0 Å². The van der Waals surface area contributed by atoms with Crippen molar-refractivity contribution < 1.29 is 18.7 Å². The molecule has 1 saturated heterocycles. The number of hydrogen-bond acceptors (Lipinski definition) is 4. The van der Waals surface area contributed by atoms with E-state index >= 15 is 0 Å². The molecule has 0 aromatic heterocycles. The number of hydrogen-bond donors (Lipinski definition) is 1. The van der Waals surface area contributed by atoms with Crippen LogP contribution in [0, 0.1) is 5.82 Å². The van der Waals surface area contributed by atoms with Gasteiger partial charge in [-0.2, -0.15) is 0 Å². The van der Waals surface area contributed by atoms with Crippen LogP contribution in [0.2, 0.25) is 0 Å². The van der Waals surface area contributed by atoms with Crippen LogP contribution in [0.5, 0.6) is 0 Å². The van der Waals surface area contributed by atoms with Gasteiger partial charge in [-0.15, -0.1) is 0 Å². The van der Waals surface area contributed by atoms with Crippen molar-refractivity contribution in [3.05, 3.63) is 29.6 Å². The molecule has 1 fully saturated rings. The molecule has 5 nitrogen and oxygen atoms in total. The van der Waals surface area contributed by atoms with Crippen LogP contribution in [0.25, 0.3) is 0 Å². The molecule has 0 radical (unpaired) electrons. The van der Waals surface area contributed by atoms with Gasteiger partial charge in [-0.05, 0) is 31.0 Å². The zero-order valence-corrected chi connectivity index (χ0v) is 10.6. The third kappa shape index (κ3) is 2.52. The summed E-state index contributed by atoms with van der Waals surface area (Å²) < 4.78 is 17.9. The number of carbonyl (C=O) groups is 2. The Labute approximate surface area is 110 Å². The Balaban J connectivity index is 2.28. The smallest absolute Gasteiger partial charge is 0.328 e. The SMILES string of the molecule is COC(=O)C1CCCN1C(=O)c1cc(F)ccc1N. The molecule has 1 aliphatic rings. The molecule has 0 spiro atoms. The molecule has 0 saturated carbocycles. The number of amides is 1. The van der Waals surface area contributed by atoms with Crippen molar-refractivity contribution in [3.63, 3.8) is 0 Å². The van der Waals surface area contributed by atoms with Crippen LogP contribution in [-0.2, 0) is 9.53 Å². The van der Waals surface area contributed by atoms with Crippen LogP contribution in [0.1, 0.15) is 23.2 Å². The van der Waals surface area contributed by atoms with Gasteiger partial charge in [-0.25, -0.2) is 9.18 Å². The molecule has 1 aromatic carbocycles. The van der Waals surface area contributed by atoms with E-state index in [0.717, 1.165) is 6.07 Å². The Bertz CT molecular complexity index is 519. The lowest BCUT2D eigenvalue weighted by atomic mass is 10.1. The topological polar surface area (TPSA) is 72.6 Å². The van der Waals surface area contributed by atoms with Gasteiger partial charge in [0, 0.05) is 12.2 Å². The van der Waals surface area contributed by atoms with Gasteiger partial charge in [0.25, 0.3) is 5.91 Å². The summed E-state index contributed by atoms with van der Waals surface area (Å²) in [4.78, 5) is 25.3. The number of methoxy groups -OCH3 is 1. The number of carbonyl (C=O) groups excluding carboxylic acids is 2. The highest BCUT2D eigenvalue weighted by Gasteiger charge is 2.35. The Hall–Kier alpha value is -2.11. The number of anilines is 1. The molecule has 1 amide bonds. The minimum absolute atomic E-state index is 0.0794. The van der Waals surface area contributed by atoms with Gasteiger partial charge < -0.3 is 15.4 Å². The van der Waals surface area contributed by atoms with E-state index in [4.69, 9.17) is 5.73 Å². The third-order valence-electron chi connectivity index (χ3n) is 3.23. The summed E-state index contributed by atoms with van der Waals surface area (Å²) in [6.45, 7) is 0.439. The first-order valence-electron chi connectivity index (χ1n) is 5.98. The molecule has 1 unspecified atom stereocenters. The van der Waals surface area contributed by atoms with Crippen molar-refractivity contribution in [3.8, 4) is 0 Å². The molecular weight excluding hydrogens is 251 g/mol. The maximum atomic E-state index is 13.2. The van der Waals surface area contributed by atoms with Gasteiger partial charge in [0.15, 0.2) is 0 Å². The fourth-order valence-corrected chi connectivity index (χ4v) is 2.26. The minimum atomic E-state index is -0.611. The van der Waals surface area contributed by atoms with Crippen molar-refractivity contribution in [2.45, 2.75) is 18.9 Å². The lowest BCUT2D eigenvalue weighted by Crippen LogP contribution is -2.41. The molecule has 1 heterocycles. The first-order valence-corrected chi connectivity index (χ1v) is 5.98. The van der Waals surface area contributed by atoms with Gasteiger partial charge in [0.2, 0.25) is 0 Å². The summed E-state index contributed by atoms with van der Waals surface area (Å²) in [7, 11) is 1.28. The van der Waals surface area contributed by atoms with Gasteiger partial charge in [-0.1, -0.05) is 0 Å². The average Bonchev–Trinajstić information content (AvgIpc) is 2.89. The number of halogens is 1. The van der Waals surface area contributed by atoms with Gasteiger partial charge >= 0.3 is 5.97 Å². The van der Waals surface area contributed by atoms with Gasteiger partial charge in [0.05, 0.1) is 12.7 Å². The van der Waals surface area contributed by atoms with E-state index in [1.807, 2.05) is 0 Å². The molecule has 1 aromatic rings. The predicted molar refractivity (Wildman–Crippen MR) is 66.9 cm³/mol. The predicted octanol–water partition coefficient (Wildman–Crippen LogP) is 1.19. The van der Waals surface area contributed by atoms with Gasteiger partial charge in [0.1, 0.15) is 11.9 Å². The number of nitrogens with two attached hydrogens (primary N) is 1. The molecule has 0 aliphatic carbocycles. The number of esters is 1. The van der Waals surface area contributed by atoms with Crippen molar-refractivity contribution in [2.75, 3.05) is 19.4 Å². The number of nitrogen functional groups attached to an aromatic ring is 1. The maximum Gasteiger partial charge on any atom is 0.328 e. The molecule has 102 valence electrons. The van der Waals surface area contributed by atoms with E-state index in [-0.39, 0.29) is 11.3 Å². The van der Waals surface area contributed by atoms with Crippen molar-refractivity contribution >= 4 is 17.6 Å². The highest BCUT2D eigenvalue weighted by molar-refractivity contribution is 6.01. The van der Waals surface area contributed by atoms with Crippen LogP contribution in [0.4, 0.5) is 10.1 Å². The number of nitrogens with zero attached hydrogens (tertiary/aromatic N) is 1. The molecule has 1 atom stereocenters. The minimum Gasteiger partial charge on any atom is -0.467 e. The van der Waals surface area contributed by atoms with Crippen molar-refractivity contribution in [1.82, 2.24) is 4.90 Å². The fraction of sp³-hybridized carbons (Fsp3) is 0.385. The second kappa shape index (κ2) is 5.26. The summed E-state index contributed by atoms with van der Waals surface area (Å²) in [5.41, 5.74) is 5.96. The summed E-state index contributed by atoms with van der Waals surface area (Å²) in [6.07, 6.45) is 1.26. The summed E-state index contributed by atoms with van der Waals surface area (Å²) in [5, 5.41) is 0. The molecule has 2 rings (SSSR count). The molecule has 1 aliphatic heterocycles. The Kier molecular flexibility index (Phi) is 3.69. The number of likely N-dealkylation sites (tertiary alicyclic amines) is 1. The number of rotatable bonds is 2. The molecule has 6 heteroatoms. The van der Waals surface area contributed by atoms with E-state index in [1.54, 1.807) is 0 Å². The molecule has 19 heavy (non-hydrogen) atoms. The number of ether oxygens (including phenoxy) is 1. The van der Waals surface area contributed by atoms with Crippen LogP contribution < -0.4 is 5.73 Å². The van der Waals surface area contributed by atoms with E-state index in [0.29, 0.717) is 19.4 Å². The quantitative estimate of drug-likeness (QED) is 0.644. The maximum absolute atomic E-state index is 13.2. The van der Waals surface area contributed by atoms with Crippen LogP contribution in [0.3, 0.4) is 0 Å². The van der Waals surface area contributed by atoms with Crippen LogP contribution >= 0.6 is 0 Å². The van der Waals surface area contributed by atoms with Crippen LogP contribution in [-0.4, -0.2) is 36.5 Å². The molecule has 2 N–H and O–H groups in total. The number of benzene rings is 1. The first-order chi connectivity index (χ1) is 9.04. The summed E-state index contributed by atoms with van der Waals surface area (Å²) in [6, 6.07) is 3.00. The molecule has 0 bridgehead atoms. The summed E-state index contributed by atoms with van der Waals surface area (Å²) >= 11 is 0. The Morgan fingerprint density at radius 3 is 2.89 bits per heavy atom. The lowest BCUT2D eigenvalue weighted by molar-refractivity contribution is -0.145. The third-order valence-corrected chi connectivity index (χ3v) is 3.23. The summed E-state index contributed by atoms with van der Waals surface area (Å²) in [5.74, 6) is -1.43. The Morgan fingerprint density at radius 1 is 1.47 bits per heavy atom. The van der Waals surface area contributed by atoms with Crippen molar-refractivity contribution in [2.24, 2.45) is 0 Å². The lowest BCUT2D eigenvalue weighted by Gasteiger charge is -2.23. The van der Waals surface area contributed by atoms with Gasteiger partial charge in [-0.3, -0.25) is 4.79 Å². The normalized spacial score (nSPS) is 18.4. The van der Waals surface area contributed by atoms with E-state index in [9.17, 15) is 14.0 Å². The highest BCUT2D eigenvalue weighted by Crippen LogP contribution is 2.23. The zero-order chi connectivity index (χ0) is 14.0. The Morgan fingerprint density at radius 2 is 2.21 bits per heavy atom. The largest absolute Gasteiger partial charge is 0.467 e. The van der Waals surface area contributed by atoms with E-state index in [2.05, 4.69) is 4.74 Å². The monoisotopic (exact) mass is 266 g/mol. The molecular formula is C13H15FN2O3. The highest BCUT2D eigenvalue weighted by atomic mass is 19.1. The van der Waals surface area contributed by atoms with Crippen LogP contribution in [0.15, 0.2) is 18.2 Å². The van der Waals surface area contributed by atoms with E-state index < -0.39 is 23.7 Å². The van der Waals surface area contributed by atoms with E-state index in [1.165, 1.54) is 24.1 Å². The second-order valence-corrected chi connectivity index (χ2v) is 4.41.